The van der Waals surface area contributed by atoms with Crippen molar-refractivity contribution in [1.82, 2.24) is 0 Å². The molecule has 0 fully saturated rings. The zero-order valence-electron chi connectivity index (χ0n) is 19.1. The number of nitriles is 1. The minimum atomic E-state index is -5.00. The van der Waals surface area contributed by atoms with Gasteiger partial charge in [0.15, 0.2) is 0 Å². The molecule has 0 N–H and O–H groups in total. The van der Waals surface area contributed by atoms with E-state index in [1.165, 1.54) is 36.4 Å². The van der Waals surface area contributed by atoms with Crippen molar-refractivity contribution in [3.8, 4) is 28.3 Å². The number of allylic oxidation sites excluding steroid dienone is 1. The number of alkyl halides is 4. The number of rotatable bonds is 3. The second-order valence-electron chi connectivity index (χ2n) is 8.48. The van der Waals surface area contributed by atoms with Crippen molar-refractivity contribution in [2.24, 2.45) is 0 Å². The molecule has 1 aliphatic rings. The first-order valence-corrected chi connectivity index (χ1v) is 12.6. The Morgan fingerprint density at radius 1 is 0.730 bits per heavy atom. The molecule has 1 heterocycles. The van der Waals surface area contributed by atoms with E-state index in [1.807, 2.05) is 0 Å². The van der Waals surface area contributed by atoms with E-state index in [-0.39, 0.29) is 20.9 Å². The van der Waals surface area contributed by atoms with Crippen LogP contribution in [0.25, 0.3) is 27.8 Å². The van der Waals surface area contributed by atoms with E-state index >= 15 is 0 Å². The summed E-state index contributed by atoms with van der Waals surface area (Å²) in [5.41, 5.74) is 0.307. The Kier molecular flexibility index (Phi) is 5.97. The van der Waals surface area contributed by atoms with Gasteiger partial charge in [-0.3, -0.25) is 0 Å². The van der Waals surface area contributed by atoms with Gasteiger partial charge in [-0.2, -0.15) is 18.4 Å². The van der Waals surface area contributed by atoms with Crippen LogP contribution in [-0.4, -0.2) is 14.6 Å². The largest absolute Gasteiger partial charge is 0.426 e. The van der Waals surface area contributed by atoms with Crippen LogP contribution < -0.4 is 0 Å². The molecule has 4 aromatic rings. The number of hydrogen-bond acceptors (Lipinski definition) is 3. The van der Waals surface area contributed by atoms with Crippen molar-refractivity contribution in [3.63, 3.8) is 0 Å². The monoisotopic (exact) mass is 519 g/mol. The first-order valence-electron chi connectivity index (χ1n) is 11.1. The molecule has 8 heteroatoms. The zero-order chi connectivity index (χ0) is 26.4. The fourth-order valence-electron chi connectivity index (χ4n) is 4.47. The van der Waals surface area contributed by atoms with Crippen LogP contribution in [0.2, 0.25) is 0 Å². The quantitative estimate of drug-likeness (QED) is 0.183. The second kappa shape index (κ2) is 9.02. The topological polar surface area (TPSA) is 57.9 Å². The summed E-state index contributed by atoms with van der Waals surface area (Å²) in [6, 6.07) is 24.7. The molecule has 0 unspecified atom stereocenters. The summed E-state index contributed by atoms with van der Waals surface area (Å²) in [7, 11) is -4.27. The smallest absolute Gasteiger partial charge is 0.246 e. The molecular weight excluding hydrogens is 502 g/mol. The van der Waals surface area contributed by atoms with Crippen LogP contribution in [0.1, 0.15) is 16.7 Å². The number of halogens is 4. The molecule has 0 spiro atoms. The zero-order valence-corrected chi connectivity index (χ0v) is 19.9. The van der Waals surface area contributed by atoms with Crippen molar-refractivity contribution < 1.29 is 26.0 Å². The minimum Gasteiger partial charge on any atom is -0.246 e. The van der Waals surface area contributed by atoms with Crippen LogP contribution in [0.3, 0.4) is 0 Å². The van der Waals surface area contributed by atoms with E-state index in [0.29, 0.717) is 27.8 Å². The number of hydrogen-bond donors (Lipinski definition) is 0. The van der Waals surface area contributed by atoms with E-state index in [9.17, 15) is 31.2 Å². The van der Waals surface area contributed by atoms with E-state index < -0.39 is 33.8 Å². The van der Waals surface area contributed by atoms with Gasteiger partial charge in [-0.25, -0.2) is 12.8 Å². The molecule has 0 bridgehead atoms. The molecule has 0 amide bonds. The number of sulfone groups is 1. The average Bonchev–Trinajstić information content (AvgIpc) is 2.90. The van der Waals surface area contributed by atoms with Crippen molar-refractivity contribution in [1.29, 1.82) is 5.26 Å². The van der Waals surface area contributed by atoms with Gasteiger partial charge in [0, 0.05) is 16.7 Å². The van der Waals surface area contributed by atoms with Crippen LogP contribution in [0.15, 0.2) is 106 Å². The van der Waals surface area contributed by atoms with Crippen LogP contribution in [0, 0.1) is 11.3 Å². The molecular formula is C29H17F4NO2S. The van der Waals surface area contributed by atoms with Crippen molar-refractivity contribution in [2.45, 2.75) is 22.6 Å². The Labute approximate surface area is 210 Å². The lowest BCUT2D eigenvalue weighted by molar-refractivity contribution is -0.0868. The number of nitrogens with zero attached hydrogens (tertiary/aromatic N) is 1. The molecule has 4 aromatic carbocycles. The highest BCUT2D eigenvalue weighted by Gasteiger charge is 2.42. The summed E-state index contributed by atoms with van der Waals surface area (Å²) in [5.74, 6) is 0. The molecule has 0 aromatic heterocycles. The maximum Gasteiger partial charge on any atom is 0.426 e. The Balaban J connectivity index is 1.81. The Hall–Kier alpha value is -4.22. The summed E-state index contributed by atoms with van der Waals surface area (Å²) in [6.45, 7) is -0.665. The molecule has 0 atom stereocenters. The van der Waals surface area contributed by atoms with Gasteiger partial charge in [-0.15, -0.1) is 0 Å². The summed E-state index contributed by atoms with van der Waals surface area (Å²) in [5, 5.41) is 9.50. The molecule has 0 radical (unpaired) electrons. The molecule has 0 saturated heterocycles. The third-order valence-corrected chi connectivity index (χ3v) is 8.11. The maximum absolute atomic E-state index is 14.0. The summed E-state index contributed by atoms with van der Waals surface area (Å²) in [6.07, 6.45) is -5.00. The Morgan fingerprint density at radius 3 is 1.68 bits per heavy atom. The standard InChI is InChI=1S/C29H17F4NO2S/c30-16-18-6-8-20(9-7-18)22-11-13-24-27(15-22)37(35,36)26-14-21(19-4-2-1-3-5-19)10-12-23(26)28(24)25(17-34)29(31,32)33/h1-15H,16H2/b28-25+. The minimum absolute atomic E-state index is 0.180. The van der Waals surface area contributed by atoms with Crippen molar-refractivity contribution in [3.05, 3.63) is 113 Å². The molecule has 5 rings (SSSR count). The molecule has 0 saturated carbocycles. The van der Waals surface area contributed by atoms with Crippen LogP contribution >= 0.6 is 0 Å². The summed E-state index contributed by atoms with van der Waals surface area (Å²) in [4.78, 5) is -0.637. The van der Waals surface area contributed by atoms with Gasteiger partial charge in [0.05, 0.1) is 9.79 Å². The van der Waals surface area contributed by atoms with Gasteiger partial charge in [0.25, 0.3) is 0 Å². The first-order chi connectivity index (χ1) is 17.6. The third kappa shape index (κ3) is 4.21. The van der Waals surface area contributed by atoms with Gasteiger partial charge in [-0.1, -0.05) is 78.9 Å². The highest BCUT2D eigenvalue weighted by atomic mass is 32.2. The molecule has 1 aliphatic heterocycles. The second-order valence-corrected chi connectivity index (χ2v) is 10.4. The predicted octanol–water partition coefficient (Wildman–Crippen LogP) is 7.52. The van der Waals surface area contributed by atoms with Crippen LogP contribution in [0.5, 0.6) is 0 Å². The lowest BCUT2D eigenvalue weighted by atomic mass is 9.90. The third-order valence-electron chi connectivity index (χ3n) is 6.27. The molecule has 3 nitrogen and oxygen atoms in total. The lowest BCUT2D eigenvalue weighted by Crippen LogP contribution is -2.20. The van der Waals surface area contributed by atoms with Crippen LogP contribution in [0.4, 0.5) is 17.6 Å². The molecule has 37 heavy (non-hydrogen) atoms. The number of benzene rings is 4. The highest BCUT2D eigenvalue weighted by molar-refractivity contribution is 7.91. The normalized spacial score (nSPS) is 15.3. The van der Waals surface area contributed by atoms with E-state index in [0.717, 1.165) is 0 Å². The van der Waals surface area contributed by atoms with Gasteiger partial charge >= 0.3 is 6.18 Å². The Bertz CT molecular complexity index is 1700. The van der Waals surface area contributed by atoms with Crippen LogP contribution in [-0.2, 0) is 16.5 Å². The maximum atomic E-state index is 14.0. The van der Waals surface area contributed by atoms with Gasteiger partial charge in [0.2, 0.25) is 9.84 Å². The molecule has 0 aliphatic carbocycles. The van der Waals surface area contributed by atoms with Crippen molar-refractivity contribution in [2.75, 3.05) is 0 Å². The van der Waals surface area contributed by atoms with E-state index in [4.69, 9.17) is 0 Å². The Morgan fingerprint density at radius 2 is 1.22 bits per heavy atom. The van der Waals surface area contributed by atoms with Gasteiger partial charge < -0.3 is 0 Å². The van der Waals surface area contributed by atoms with E-state index in [1.54, 1.807) is 60.7 Å². The van der Waals surface area contributed by atoms with Gasteiger partial charge in [-0.05, 0) is 39.9 Å². The number of fused-ring (bicyclic) bond motifs is 2. The first kappa shape index (κ1) is 24.5. The SMILES string of the molecule is N#C/C(=C1/c2ccc(-c3ccccc3)cc2S(=O)(=O)c2cc(-c3ccc(CF)cc3)ccc21)C(F)(F)F. The van der Waals surface area contributed by atoms with E-state index in [2.05, 4.69) is 0 Å². The molecule has 184 valence electrons. The van der Waals surface area contributed by atoms with Crippen molar-refractivity contribution >= 4 is 15.4 Å². The lowest BCUT2D eigenvalue weighted by Gasteiger charge is -2.25. The summed E-state index contributed by atoms with van der Waals surface area (Å²) < 4.78 is 82.5. The average molecular weight is 520 g/mol. The highest BCUT2D eigenvalue weighted by Crippen LogP contribution is 2.47. The predicted molar refractivity (Wildman–Crippen MR) is 132 cm³/mol. The van der Waals surface area contributed by atoms with Gasteiger partial charge in [0.1, 0.15) is 18.3 Å². The summed E-state index contributed by atoms with van der Waals surface area (Å²) >= 11 is 0. The fraction of sp³-hybridized carbons (Fsp3) is 0.0690. The fourth-order valence-corrected chi connectivity index (χ4v) is 6.19.